The molecule has 1 amide bonds. The maximum atomic E-state index is 12.2. The Bertz CT molecular complexity index is 597. The molecule has 0 bridgehead atoms. The van der Waals surface area contributed by atoms with Crippen molar-refractivity contribution in [3.63, 3.8) is 0 Å². The van der Waals surface area contributed by atoms with Crippen molar-refractivity contribution in [3.8, 4) is 0 Å². The number of nitrogens with one attached hydrogen (secondary N) is 3. The van der Waals surface area contributed by atoms with E-state index in [-0.39, 0.29) is 36.4 Å². The van der Waals surface area contributed by atoms with Crippen molar-refractivity contribution in [2.75, 3.05) is 24.7 Å². The summed E-state index contributed by atoms with van der Waals surface area (Å²) in [5, 5.41) is 10.3. The van der Waals surface area contributed by atoms with Crippen LogP contribution in [0.5, 0.6) is 0 Å². The van der Waals surface area contributed by atoms with Gasteiger partial charge in [0.2, 0.25) is 5.91 Å². The van der Waals surface area contributed by atoms with Crippen LogP contribution in [0, 0.1) is 0 Å². The molecule has 1 aromatic carbocycles. The van der Waals surface area contributed by atoms with Gasteiger partial charge in [0.15, 0.2) is 5.96 Å². The molecule has 0 spiro atoms. The third-order valence-electron chi connectivity index (χ3n) is 4.40. The molecule has 0 radical (unpaired) electrons. The molecule has 146 valence electrons. The van der Waals surface area contributed by atoms with Gasteiger partial charge in [0.05, 0.1) is 0 Å². The van der Waals surface area contributed by atoms with Crippen LogP contribution in [-0.4, -0.2) is 42.5 Å². The molecule has 1 aromatic rings. The fourth-order valence-corrected chi connectivity index (χ4v) is 3.82. The number of thioether (sulfide) groups is 1. The van der Waals surface area contributed by atoms with Crippen molar-refractivity contribution in [3.05, 3.63) is 29.8 Å². The van der Waals surface area contributed by atoms with Gasteiger partial charge >= 0.3 is 0 Å². The molecule has 1 aliphatic carbocycles. The summed E-state index contributed by atoms with van der Waals surface area (Å²) in [7, 11) is 0. The molecule has 1 fully saturated rings. The minimum absolute atomic E-state index is 0. The van der Waals surface area contributed by atoms with E-state index in [4.69, 9.17) is 0 Å². The summed E-state index contributed by atoms with van der Waals surface area (Å²) in [6.07, 6.45) is 6.68. The minimum atomic E-state index is -0.0983. The highest BCUT2D eigenvalue weighted by Gasteiger charge is 2.24. The monoisotopic (exact) mass is 490 g/mol. The first kappa shape index (κ1) is 23.1. The summed E-state index contributed by atoms with van der Waals surface area (Å²) in [4.78, 5) is 16.6. The first-order valence-corrected chi connectivity index (χ1v) is 10.4. The van der Waals surface area contributed by atoms with Gasteiger partial charge in [0, 0.05) is 23.5 Å². The molecule has 0 saturated heterocycles. The number of aliphatic imine (C=N–C) groups is 1. The number of hydrogen-bond donors (Lipinski definition) is 3. The predicted octanol–water partition coefficient (Wildman–Crippen LogP) is 3.64. The maximum absolute atomic E-state index is 12.2. The quantitative estimate of drug-likeness (QED) is 0.310. The molecule has 5 nitrogen and oxygen atoms in total. The summed E-state index contributed by atoms with van der Waals surface area (Å²) >= 11 is 1.93. The van der Waals surface area contributed by atoms with E-state index in [1.165, 1.54) is 12.0 Å². The molecular formula is C19H31IN4OS. The van der Waals surface area contributed by atoms with Crippen LogP contribution in [-0.2, 0) is 11.2 Å². The first-order valence-electron chi connectivity index (χ1n) is 9.11. The highest BCUT2D eigenvalue weighted by Crippen LogP contribution is 2.27. The zero-order chi connectivity index (χ0) is 18.1. The Morgan fingerprint density at radius 3 is 2.77 bits per heavy atom. The minimum Gasteiger partial charge on any atom is -0.357 e. The average Bonchev–Trinajstić information content (AvgIpc) is 3.07. The summed E-state index contributed by atoms with van der Waals surface area (Å²) in [6, 6.07) is 8.38. The second kappa shape index (κ2) is 12.4. The highest BCUT2D eigenvalue weighted by atomic mass is 127. The van der Waals surface area contributed by atoms with E-state index in [0.717, 1.165) is 42.7 Å². The third-order valence-corrected chi connectivity index (χ3v) is 5.50. The molecule has 0 heterocycles. The first-order chi connectivity index (χ1) is 12.1. The third kappa shape index (κ3) is 7.73. The van der Waals surface area contributed by atoms with Crippen LogP contribution in [0.4, 0.5) is 5.69 Å². The zero-order valence-corrected chi connectivity index (χ0v) is 19.0. The van der Waals surface area contributed by atoms with E-state index in [2.05, 4.69) is 40.2 Å². The molecule has 0 aliphatic heterocycles. The topological polar surface area (TPSA) is 65.5 Å². The van der Waals surface area contributed by atoms with Crippen LogP contribution < -0.4 is 16.0 Å². The van der Waals surface area contributed by atoms with Gasteiger partial charge in [-0.2, -0.15) is 11.8 Å². The van der Waals surface area contributed by atoms with Crippen LogP contribution in [0.15, 0.2) is 29.3 Å². The summed E-state index contributed by atoms with van der Waals surface area (Å²) < 4.78 is 0. The number of rotatable bonds is 7. The van der Waals surface area contributed by atoms with Crippen molar-refractivity contribution in [1.82, 2.24) is 10.6 Å². The Hall–Kier alpha value is -0.960. The van der Waals surface area contributed by atoms with Gasteiger partial charge in [-0.1, -0.05) is 19.1 Å². The maximum Gasteiger partial charge on any atom is 0.246 e. The molecule has 2 atom stereocenters. The lowest BCUT2D eigenvalue weighted by Crippen LogP contribution is -2.43. The van der Waals surface area contributed by atoms with E-state index in [9.17, 15) is 4.79 Å². The number of amides is 1. The van der Waals surface area contributed by atoms with E-state index < -0.39 is 0 Å². The number of carbonyl (C=O) groups is 1. The average molecular weight is 490 g/mol. The van der Waals surface area contributed by atoms with E-state index in [1.54, 1.807) is 0 Å². The van der Waals surface area contributed by atoms with Crippen LogP contribution in [0.25, 0.3) is 0 Å². The molecule has 2 rings (SSSR count). The number of benzene rings is 1. The Morgan fingerprint density at radius 1 is 1.31 bits per heavy atom. The fourth-order valence-electron chi connectivity index (χ4n) is 3.02. The SMILES string of the molecule is CCNC(=NCC(=O)Nc1cccc(CC)c1)NC1CCC(SC)C1.I. The summed E-state index contributed by atoms with van der Waals surface area (Å²) in [5.74, 6) is 0.630. The van der Waals surface area contributed by atoms with E-state index >= 15 is 0 Å². The number of anilines is 1. The standard InChI is InChI=1S/C19H30N4OS.HI/c1-4-14-7-6-8-15(11-14)22-18(24)13-21-19(20-5-2)23-16-9-10-17(12-16)25-3;/h6-8,11,16-17H,4-5,9-10,12-13H2,1-3H3,(H,22,24)(H2,20,21,23);1H. The molecule has 2 unspecified atom stereocenters. The normalized spacial score (nSPS) is 19.6. The molecule has 1 aliphatic rings. The van der Waals surface area contributed by atoms with Gasteiger partial charge in [-0.3, -0.25) is 4.79 Å². The lowest BCUT2D eigenvalue weighted by molar-refractivity contribution is -0.114. The van der Waals surface area contributed by atoms with Gasteiger partial charge < -0.3 is 16.0 Å². The van der Waals surface area contributed by atoms with Gasteiger partial charge in [0.1, 0.15) is 6.54 Å². The lowest BCUT2D eigenvalue weighted by atomic mass is 10.1. The Balaban J connectivity index is 0.00000338. The van der Waals surface area contributed by atoms with Crippen molar-refractivity contribution in [1.29, 1.82) is 0 Å². The molecule has 1 saturated carbocycles. The molecule has 26 heavy (non-hydrogen) atoms. The Morgan fingerprint density at radius 2 is 2.12 bits per heavy atom. The second-order valence-corrected chi connectivity index (χ2v) is 7.45. The van der Waals surface area contributed by atoms with Gasteiger partial charge in [-0.15, -0.1) is 24.0 Å². The smallest absolute Gasteiger partial charge is 0.246 e. The summed E-state index contributed by atoms with van der Waals surface area (Å²) in [6.45, 7) is 5.03. The van der Waals surface area contributed by atoms with Gasteiger partial charge in [-0.25, -0.2) is 4.99 Å². The molecule has 0 aromatic heterocycles. The van der Waals surface area contributed by atoms with Crippen LogP contribution in [0.3, 0.4) is 0 Å². The van der Waals surface area contributed by atoms with Crippen LogP contribution in [0.1, 0.15) is 38.7 Å². The number of guanidine groups is 1. The second-order valence-electron chi connectivity index (χ2n) is 6.31. The fraction of sp³-hybridized carbons (Fsp3) is 0.579. The number of hydrogen-bond acceptors (Lipinski definition) is 3. The van der Waals surface area contributed by atoms with Crippen LogP contribution in [0.2, 0.25) is 0 Å². The highest BCUT2D eigenvalue weighted by molar-refractivity contribution is 14.0. The molecular weight excluding hydrogens is 459 g/mol. The largest absolute Gasteiger partial charge is 0.357 e. The lowest BCUT2D eigenvalue weighted by Gasteiger charge is -2.17. The van der Waals surface area contributed by atoms with Gasteiger partial charge in [-0.05, 0) is 56.6 Å². The number of carbonyl (C=O) groups excluding carboxylic acids is 1. The van der Waals surface area contributed by atoms with Gasteiger partial charge in [0.25, 0.3) is 0 Å². The molecule has 7 heteroatoms. The predicted molar refractivity (Wildman–Crippen MR) is 124 cm³/mol. The van der Waals surface area contributed by atoms with Crippen molar-refractivity contribution >= 4 is 53.3 Å². The number of nitrogens with zero attached hydrogens (tertiary/aromatic N) is 1. The number of aryl methyl sites for hydroxylation is 1. The van der Waals surface area contributed by atoms with E-state index in [0.29, 0.717) is 6.04 Å². The summed E-state index contributed by atoms with van der Waals surface area (Å²) in [5.41, 5.74) is 2.04. The van der Waals surface area contributed by atoms with Crippen molar-refractivity contribution in [2.45, 2.75) is 50.8 Å². The van der Waals surface area contributed by atoms with Crippen molar-refractivity contribution < 1.29 is 4.79 Å². The molecule has 3 N–H and O–H groups in total. The zero-order valence-electron chi connectivity index (χ0n) is 15.9. The van der Waals surface area contributed by atoms with E-state index in [1.807, 2.05) is 36.9 Å². The Labute approximate surface area is 178 Å². The Kier molecular flexibility index (Phi) is 11.0. The number of halogens is 1. The van der Waals surface area contributed by atoms with Crippen molar-refractivity contribution in [2.24, 2.45) is 4.99 Å². The van der Waals surface area contributed by atoms with Crippen LogP contribution >= 0.6 is 35.7 Å².